The van der Waals surface area contributed by atoms with E-state index < -0.39 is 0 Å². The Bertz CT molecular complexity index is 739. The fraction of sp³-hybridized carbons (Fsp3) is 0. The smallest absolute Gasteiger partial charge is 0.197 e. The van der Waals surface area contributed by atoms with Gasteiger partial charge in [0.05, 0.1) is 15.6 Å². The van der Waals surface area contributed by atoms with Crippen molar-refractivity contribution in [3.63, 3.8) is 0 Å². The van der Waals surface area contributed by atoms with Crippen molar-refractivity contribution in [1.82, 2.24) is 0 Å². The fourth-order valence-electron chi connectivity index (χ4n) is 2.19. The van der Waals surface area contributed by atoms with Crippen molar-refractivity contribution < 1.29 is 9.59 Å². The van der Waals surface area contributed by atoms with Gasteiger partial charge >= 0.3 is 0 Å². The molecule has 2 aromatic carbocycles. The first kappa shape index (κ1) is 13.1. The van der Waals surface area contributed by atoms with Gasteiger partial charge in [0.25, 0.3) is 0 Å². The topological polar surface area (TPSA) is 34.1 Å². The van der Waals surface area contributed by atoms with Gasteiger partial charge in [0.1, 0.15) is 0 Å². The summed E-state index contributed by atoms with van der Waals surface area (Å²) in [5, 5.41) is 0.717. The van der Waals surface area contributed by atoms with Crippen molar-refractivity contribution in [3.8, 4) is 0 Å². The van der Waals surface area contributed by atoms with E-state index >= 15 is 0 Å². The summed E-state index contributed by atoms with van der Waals surface area (Å²) in [6.07, 6.45) is 1.50. The highest BCUT2D eigenvalue weighted by atomic mass is 35.5. The molecule has 0 heterocycles. The Morgan fingerprint density at radius 3 is 2.00 bits per heavy atom. The fourth-order valence-corrected chi connectivity index (χ4v) is 2.55. The second kappa shape index (κ2) is 4.89. The van der Waals surface area contributed by atoms with Crippen LogP contribution >= 0.6 is 23.2 Å². The number of ketones is 2. The summed E-state index contributed by atoms with van der Waals surface area (Å²) in [5.74, 6) is -0.553. The molecule has 0 fully saturated rings. The molecule has 1 aliphatic rings. The number of rotatable bonds is 1. The van der Waals surface area contributed by atoms with Gasteiger partial charge in [-0.1, -0.05) is 59.6 Å². The molecule has 0 spiro atoms. The lowest BCUT2D eigenvalue weighted by Gasteiger charge is -2.01. The maximum atomic E-state index is 12.2. The van der Waals surface area contributed by atoms with Crippen molar-refractivity contribution >= 4 is 40.8 Å². The predicted octanol–water partition coefficient (Wildman–Crippen LogP) is 4.46. The van der Waals surface area contributed by atoms with Gasteiger partial charge in [-0.05, 0) is 17.7 Å². The van der Waals surface area contributed by atoms with Crippen molar-refractivity contribution in [2.45, 2.75) is 0 Å². The molecule has 0 atom stereocenters. The molecule has 0 radical (unpaired) electrons. The minimum atomic E-state index is -0.276. The summed E-state index contributed by atoms with van der Waals surface area (Å²) in [6.45, 7) is 0. The summed E-state index contributed by atoms with van der Waals surface area (Å²) in [5.41, 5.74) is 1.54. The van der Waals surface area contributed by atoms with Crippen molar-refractivity contribution in [2.75, 3.05) is 0 Å². The average molecular weight is 303 g/mol. The van der Waals surface area contributed by atoms with Crippen LogP contribution in [0.15, 0.2) is 48.0 Å². The molecule has 3 rings (SSSR count). The molecular formula is C16H8Cl2O2. The molecule has 98 valence electrons. The molecule has 1 aliphatic carbocycles. The first-order valence-corrected chi connectivity index (χ1v) is 6.69. The number of Topliss-reactive ketones (excluding diaryl/α,β-unsaturated/α-hetero) is 2. The third kappa shape index (κ3) is 1.98. The van der Waals surface area contributed by atoms with E-state index in [0.717, 1.165) is 0 Å². The SMILES string of the molecule is O=C1C(=Cc2cccc(Cl)c2Cl)C(=O)c2ccccc21. The number of hydrogen-bond acceptors (Lipinski definition) is 2. The largest absolute Gasteiger partial charge is 0.288 e. The predicted molar refractivity (Wildman–Crippen MR) is 79.5 cm³/mol. The maximum absolute atomic E-state index is 12.2. The second-order valence-corrected chi connectivity index (χ2v) is 5.19. The molecule has 4 heteroatoms. The van der Waals surface area contributed by atoms with Gasteiger partial charge in [-0.3, -0.25) is 9.59 Å². The van der Waals surface area contributed by atoms with E-state index in [1.807, 2.05) is 0 Å². The van der Waals surface area contributed by atoms with Crippen LogP contribution in [-0.2, 0) is 0 Å². The van der Waals surface area contributed by atoms with Gasteiger partial charge in [-0.2, -0.15) is 0 Å². The summed E-state index contributed by atoms with van der Waals surface area (Å²) >= 11 is 12.0. The molecule has 0 aromatic heterocycles. The van der Waals surface area contributed by atoms with Crippen LogP contribution in [-0.4, -0.2) is 11.6 Å². The van der Waals surface area contributed by atoms with Gasteiger partial charge in [-0.25, -0.2) is 0 Å². The molecule has 0 saturated carbocycles. The molecular weight excluding hydrogens is 295 g/mol. The first-order valence-electron chi connectivity index (χ1n) is 5.93. The third-order valence-corrected chi connectivity index (χ3v) is 4.02. The van der Waals surface area contributed by atoms with Crippen molar-refractivity contribution in [2.24, 2.45) is 0 Å². The normalized spacial score (nSPS) is 13.6. The number of allylic oxidation sites excluding steroid dienone is 1. The van der Waals surface area contributed by atoms with E-state index in [2.05, 4.69) is 0 Å². The summed E-state index contributed by atoms with van der Waals surface area (Å²) in [7, 11) is 0. The summed E-state index contributed by atoms with van der Waals surface area (Å²) in [4.78, 5) is 24.5. The monoisotopic (exact) mass is 302 g/mol. The highest BCUT2D eigenvalue weighted by Gasteiger charge is 2.32. The van der Waals surface area contributed by atoms with Gasteiger partial charge in [0, 0.05) is 11.1 Å². The molecule has 0 saturated heterocycles. The number of carbonyl (C=O) groups excluding carboxylic acids is 2. The number of halogens is 2. The van der Waals surface area contributed by atoms with E-state index in [1.54, 1.807) is 42.5 Å². The Labute approximate surface area is 125 Å². The molecule has 0 amide bonds. The van der Waals surface area contributed by atoms with Gasteiger partial charge < -0.3 is 0 Å². The van der Waals surface area contributed by atoms with Crippen LogP contribution in [0.4, 0.5) is 0 Å². The van der Waals surface area contributed by atoms with Crippen LogP contribution in [0.25, 0.3) is 6.08 Å². The Morgan fingerprint density at radius 2 is 1.40 bits per heavy atom. The molecule has 20 heavy (non-hydrogen) atoms. The van der Waals surface area contributed by atoms with E-state index in [9.17, 15) is 9.59 Å². The van der Waals surface area contributed by atoms with E-state index in [0.29, 0.717) is 26.7 Å². The number of hydrogen-bond donors (Lipinski definition) is 0. The van der Waals surface area contributed by atoms with Gasteiger partial charge in [-0.15, -0.1) is 0 Å². The quantitative estimate of drug-likeness (QED) is 0.576. The van der Waals surface area contributed by atoms with Crippen LogP contribution in [0.1, 0.15) is 26.3 Å². The standard InChI is InChI=1S/C16H8Cl2O2/c17-13-7-3-4-9(14(13)18)8-12-15(19)10-5-1-2-6-11(10)16(12)20/h1-8H. The first-order chi connectivity index (χ1) is 9.59. The maximum Gasteiger partial charge on any atom is 0.197 e. The third-order valence-electron chi connectivity index (χ3n) is 3.19. The highest BCUT2D eigenvalue weighted by Crippen LogP contribution is 2.31. The molecule has 2 nitrogen and oxygen atoms in total. The average Bonchev–Trinajstić information content (AvgIpc) is 2.69. The molecule has 0 bridgehead atoms. The zero-order chi connectivity index (χ0) is 14.3. The zero-order valence-electron chi connectivity index (χ0n) is 10.2. The number of fused-ring (bicyclic) bond motifs is 1. The Balaban J connectivity index is 2.13. The Hall–Kier alpha value is -1.90. The molecule has 0 unspecified atom stereocenters. The molecule has 0 N–H and O–H groups in total. The minimum Gasteiger partial charge on any atom is -0.288 e. The van der Waals surface area contributed by atoms with Crippen LogP contribution in [0, 0.1) is 0 Å². The summed E-state index contributed by atoms with van der Waals surface area (Å²) in [6, 6.07) is 11.9. The lowest BCUT2D eigenvalue weighted by atomic mass is 10.1. The van der Waals surface area contributed by atoms with Gasteiger partial charge in [0.15, 0.2) is 11.6 Å². The van der Waals surface area contributed by atoms with E-state index in [1.165, 1.54) is 6.08 Å². The lowest BCUT2D eigenvalue weighted by Crippen LogP contribution is -2.00. The van der Waals surface area contributed by atoms with Crippen molar-refractivity contribution in [3.05, 3.63) is 74.8 Å². The Kier molecular flexibility index (Phi) is 3.20. The minimum absolute atomic E-state index is 0.121. The van der Waals surface area contributed by atoms with Crippen LogP contribution < -0.4 is 0 Å². The number of benzene rings is 2. The Morgan fingerprint density at radius 1 is 0.800 bits per heavy atom. The zero-order valence-corrected chi connectivity index (χ0v) is 11.7. The van der Waals surface area contributed by atoms with Crippen LogP contribution in [0.5, 0.6) is 0 Å². The van der Waals surface area contributed by atoms with Crippen molar-refractivity contribution in [1.29, 1.82) is 0 Å². The van der Waals surface area contributed by atoms with Crippen LogP contribution in [0.2, 0.25) is 10.0 Å². The van der Waals surface area contributed by atoms with E-state index in [4.69, 9.17) is 23.2 Å². The highest BCUT2D eigenvalue weighted by molar-refractivity contribution is 6.44. The number of carbonyl (C=O) groups is 2. The second-order valence-electron chi connectivity index (χ2n) is 4.40. The van der Waals surface area contributed by atoms with Gasteiger partial charge in [0.2, 0.25) is 0 Å². The summed E-state index contributed by atoms with van der Waals surface area (Å²) < 4.78 is 0. The molecule has 0 aliphatic heterocycles. The van der Waals surface area contributed by atoms with E-state index in [-0.39, 0.29) is 17.1 Å². The van der Waals surface area contributed by atoms with Crippen LogP contribution in [0.3, 0.4) is 0 Å². The molecule has 2 aromatic rings. The lowest BCUT2D eigenvalue weighted by molar-refractivity contribution is 0.0990.